The van der Waals surface area contributed by atoms with E-state index in [2.05, 4.69) is 87.2 Å². The zero-order chi connectivity index (χ0) is 27.9. The highest BCUT2D eigenvalue weighted by Crippen LogP contribution is 2.30. The Bertz CT molecular complexity index is 1050. The standard InChI is InChI=1S/C36H53NO2/c1-5-7-9-11-13-15-21-29(3)37(30(4)22-16-14-12-10-8-6-2)36(38)39-28-35-33-25-19-17-23-31(33)27-32-24-18-20-26-34(32)35/h17-20,23-27,29-30H,5-16,21-22,28H2,1-4H3. The van der Waals surface area contributed by atoms with Gasteiger partial charge in [0.15, 0.2) is 0 Å². The number of unbranched alkanes of at least 4 members (excludes halogenated alkanes) is 10. The minimum Gasteiger partial charge on any atom is -0.444 e. The van der Waals surface area contributed by atoms with E-state index in [9.17, 15) is 4.79 Å². The number of carbonyl (C=O) groups is 1. The molecule has 2 unspecified atom stereocenters. The van der Waals surface area contributed by atoms with Crippen molar-refractivity contribution in [3.8, 4) is 0 Å². The smallest absolute Gasteiger partial charge is 0.410 e. The minimum absolute atomic E-state index is 0.163. The van der Waals surface area contributed by atoms with Crippen molar-refractivity contribution in [1.82, 2.24) is 4.90 Å². The Morgan fingerprint density at radius 2 is 1.10 bits per heavy atom. The average molecular weight is 532 g/mol. The summed E-state index contributed by atoms with van der Waals surface area (Å²) in [4.78, 5) is 15.8. The summed E-state index contributed by atoms with van der Waals surface area (Å²) in [5, 5.41) is 4.70. The average Bonchev–Trinajstić information content (AvgIpc) is 2.95. The summed E-state index contributed by atoms with van der Waals surface area (Å²) in [6.45, 7) is 9.26. The largest absolute Gasteiger partial charge is 0.444 e. The van der Waals surface area contributed by atoms with Crippen molar-refractivity contribution < 1.29 is 9.53 Å². The van der Waals surface area contributed by atoms with Crippen molar-refractivity contribution in [3.63, 3.8) is 0 Å². The molecule has 39 heavy (non-hydrogen) atoms. The van der Waals surface area contributed by atoms with Gasteiger partial charge < -0.3 is 9.64 Å². The molecule has 3 nitrogen and oxygen atoms in total. The Morgan fingerprint density at radius 1 is 0.667 bits per heavy atom. The van der Waals surface area contributed by atoms with Crippen LogP contribution in [-0.2, 0) is 11.3 Å². The molecule has 3 aromatic rings. The van der Waals surface area contributed by atoms with Crippen LogP contribution in [0.2, 0.25) is 0 Å². The molecule has 0 heterocycles. The molecule has 3 rings (SSSR count). The molecule has 0 saturated heterocycles. The van der Waals surface area contributed by atoms with Crippen molar-refractivity contribution in [2.75, 3.05) is 0 Å². The number of hydrogen-bond acceptors (Lipinski definition) is 2. The third kappa shape index (κ3) is 9.55. The van der Waals surface area contributed by atoms with Gasteiger partial charge in [0.25, 0.3) is 0 Å². The van der Waals surface area contributed by atoms with Gasteiger partial charge >= 0.3 is 6.09 Å². The molecular formula is C36H53NO2. The molecule has 0 N–H and O–H groups in total. The normalized spacial score (nSPS) is 13.0. The monoisotopic (exact) mass is 531 g/mol. The van der Waals surface area contributed by atoms with Crippen LogP contribution in [-0.4, -0.2) is 23.1 Å². The summed E-state index contributed by atoms with van der Waals surface area (Å²) in [6.07, 6.45) is 17.2. The first-order chi connectivity index (χ1) is 19.1. The number of rotatable bonds is 18. The van der Waals surface area contributed by atoms with Gasteiger partial charge in [-0.05, 0) is 54.3 Å². The molecule has 3 heteroatoms. The quantitative estimate of drug-likeness (QED) is 0.121. The first-order valence-electron chi connectivity index (χ1n) is 15.9. The number of benzene rings is 3. The van der Waals surface area contributed by atoms with Crippen molar-refractivity contribution >= 4 is 27.6 Å². The van der Waals surface area contributed by atoms with Gasteiger partial charge in [-0.2, -0.15) is 0 Å². The van der Waals surface area contributed by atoms with Crippen LogP contribution in [0.25, 0.3) is 21.5 Å². The van der Waals surface area contributed by atoms with E-state index in [4.69, 9.17) is 4.74 Å². The molecule has 0 bridgehead atoms. The van der Waals surface area contributed by atoms with Crippen LogP contribution >= 0.6 is 0 Å². The van der Waals surface area contributed by atoms with Crippen LogP contribution in [0, 0.1) is 0 Å². The van der Waals surface area contributed by atoms with Crippen molar-refractivity contribution in [2.24, 2.45) is 0 Å². The van der Waals surface area contributed by atoms with Gasteiger partial charge in [-0.25, -0.2) is 4.79 Å². The molecular weight excluding hydrogens is 478 g/mol. The molecule has 214 valence electrons. The summed E-state index contributed by atoms with van der Waals surface area (Å²) >= 11 is 0. The zero-order valence-electron chi connectivity index (χ0n) is 25.2. The molecule has 0 spiro atoms. The third-order valence-corrected chi connectivity index (χ3v) is 8.33. The Morgan fingerprint density at radius 3 is 1.59 bits per heavy atom. The Balaban J connectivity index is 1.69. The second-order valence-electron chi connectivity index (χ2n) is 11.6. The van der Waals surface area contributed by atoms with E-state index in [1.807, 2.05) is 0 Å². The van der Waals surface area contributed by atoms with Crippen LogP contribution < -0.4 is 0 Å². The lowest BCUT2D eigenvalue weighted by Crippen LogP contribution is -2.45. The van der Waals surface area contributed by atoms with E-state index in [1.165, 1.54) is 87.8 Å². The van der Waals surface area contributed by atoms with Gasteiger partial charge in [-0.1, -0.05) is 139 Å². The number of carbonyl (C=O) groups excluding carboxylic acids is 1. The molecule has 0 aliphatic heterocycles. The SMILES string of the molecule is CCCCCCCCC(C)N(C(=O)OCc1c2ccccc2cc2ccccc12)C(C)CCCCCCCC. The first-order valence-corrected chi connectivity index (χ1v) is 15.9. The molecule has 0 radical (unpaired) electrons. The van der Waals surface area contributed by atoms with Crippen LogP contribution in [0.4, 0.5) is 4.79 Å². The number of ether oxygens (including phenoxy) is 1. The minimum atomic E-state index is -0.163. The highest BCUT2D eigenvalue weighted by atomic mass is 16.6. The highest BCUT2D eigenvalue weighted by molar-refractivity contribution is 6.02. The molecule has 0 aliphatic rings. The third-order valence-electron chi connectivity index (χ3n) is 8.33. The van der Waals surface area contributed by atoms with E-state index in [0.29, 0.717) is 6.61 Å². The van der Waals surface area contributed by atoms with Crippen LogP contribution in [0.15, 0.2) is 54.6 Å². The van der Waals surface area contributed by atoms with Gasteiger partial charge in [0, 0.05) is 17.6 Å². The van der Waals surface area contributed by atoms with Gasteiger partial charge in [0.1, 0.15) is 6.61 Å². The number of nitrogens with zero attached hydrogens (tertiary/aromatic N) is 1. The van der Waals surface area contributed by atoms with Gasteiger partial charge in [-0.15, -0.1) is 0 Å². The number of hydrogen-bond donors (Lipinski definition) is 0. The molecule has 1 amide bonds. The second-order valence-corrected chi connectivity index (χ2v) is 11.6. The molecule has 0 fully saturated rings. The van der Waals surface area contributed by atoms with E-state index >= 15 is 0 Å². The van der Waals surface area contributed by atoms with Gasteiger partial charge in [0.2, 0.25) is 0 Å². The molecule has 0 aliphatic carbocycles. The summed E-state index contributed by atoms with van der Waals surface area (Å²) in [6, 6.07) is 19.5. The summed E-state index contributed by atoms with van der Waals surface area (Å²) in [5.41, 5.74) is 1.10. The summed E-state index contributed by atoms with van der Waals surface area (Å²) < 4.78 is 6.15. The van der Waals surface area contributed by atoms with Crippen molar-refractivity contribution in [1.29, 1.82) is 0 Å². The van der Waals surface area contributed by atoms with Crippen LogP contribution in [0.5, 0.6) is 0 Å². The van der Waals surface area contributed by atoms with Crippen molar-refractivity contribution in [3.05, 3.63) is 60.2 Å². The predicted molar refractivity (Wildman–Crippen MR) is 168 cm³/mol. The van der Waals surface area contributed by atoms with Crippen LogP contribution in [0.3, 0.4) is 0 Å². The second kappa shape index (κ2) is 17.2. The molecule has 2 atom stereocenters. The Labute approximate surface area is 238 Å². The number of fused-ring (bicyclic) bond motifs is 2. The van der Waals surface area contributed by atoms with Crippen molar-refractivity contribution in [2.45, 2.75) is 136 Å². The number of amides is 1. The first kappa shape index (κ1) is 31.0. The highest BCUT2D eigenvalue weighted by Gasteiger charge is 2.27. The Kier molecular flexibility index (Phi) is 13.7. The van der Waals surface area contributed by atoms with E-state index in [-0.39, 0.29) is 18.2 Å². The fourth-order valence-corrected chi connectivity index (χ4v) is 5.98. The van der Waals surface area contributed by atoms with E-state index in [1.54, 1.807) is 0 Å². The zero-order valence-corrected chi connectivity index (χ0v) is 25.2. The lowest BCUT2D eigenvalue weighted by molar-refractivity contribution is 0.0630. The maximum absolute atomic E-state index is 13.7. The molecule has 0 saturated carbocycles. The fraction of sp³-hybridized carbons (Fsp3) is 0.583. The summed E-state index contributed by atoms with van der Waals surface area (Å²) in [5.74, 6) is 0. The maximum atomic E-state index is 13.7. The van der Waals surface area contributed by atoms with Gasteiger partial charge in [-0.3, -0.25) is 0 Å². The lowest BCUT2D eigenvalue weighted by atomic mass is 9.97. The fourth-order valence-electron chi connectivity index (χ4n) is 5.98. The van der Waals surface area contributed by atoms with Gasteiger partial charge in [0.05, 0.1) is 0 Å². The Hall–Kier alpha value is -2.55. The molecule has 3 aromatic carbocycles. The topological polar surface area (TPSA) is 29.5 Å². The maximum Gasteiger partial charge on any atom is 0.410 e. The van der Waals surface area contributed by atoms with E-state index in [0.717, 1.165) is 29.2 Å². The lowest BCUT2D eigenvalue weighted by Gasteiger charge is -2.34. The molecule has 0 aromatic heterocycles. The summed E-state index contributed by atoms with van der Waals surface area (Å²) in [7, 11) is 0. The van der Waals surface area contributed by atoms with E-state index < -0.39 is 0 Å². The predicted octanol–water partition coefficient (Wildman–Crippen LogP) is 11.2. The van der Waals surface area contributed by atoms with Crippen LogP contribution in [0.1, 0.15) is 123 Å².